The summed E-state index contributed by atoms with van der Waals surface area (Å²) in [5.41, 5.74) is 25.3. The van der Waals surface area contributed by atoms with Crippen LogP contribution in [0.1, 0.15) is 0 Å². The van der Waals surface area contributed by atoms with Crippen LogP contribution >= 0.6 is 0 Å². The fourth-order valence-electron chi connectivity index (χ4n) is 16.0. The first-order chi connectivity index (χ1) is 57.4. The van der Waals surface area contributed by atoms with Crippen molar-refractivity contribution in [3.63, 3.8) is 0 Å². The Hall–Kier alpha value is -15.6. The Morgan fingerprint density at radius 3 is 1.17 bits per heavy atom. The van der Waals surface area contributed by atoms with Crippen LogP contribution in [0.25, 0.3) is 165 Å². The standard InChI is InChI=1S/C32H21NO.C30H21NO.C24H17NO.C22H15NO/c1-2-8-21(9-3-1)24-18-19-30(27-13-7-6-12-26(24)27)33-23-15-17-28-29-16-14-22-10-4-5-11-25(22)32(29)34-31(28)20-23;1-3-9-21(10-4-1)25-17-15-23(19-28(25)22-11-5-2-6-12-22)31-24-16-18-27-26-13-7-8-14-29(26)32-30(27)20-24;1-2-7-17(8-3-1)18-9-6-10-19(15-18)25-20-13-14-22-21-11-4-5-12-23(21)26-24(22)16-20;1-2-7-16(8-3-1)23-17-11-13-20-19(14-17)22-18-9-5-4-6-15(18)10-12-21(22)24-20/h1-20,33H;1-20,31H;1-16,25H;1-14,23H. The largest absolute Gasteiger partial charge is 0.456 e. The first-order valence-electron chi connectivity index (χ1n) is 39.1. The van der Waals surface area contributed by atoms with E-state index in [1.165, 1.54) is 76.8 Å². The Labute approximate surface area is 669 Å². The van der Waals surface area contributed by atoms with Gasteiger partial charge in [0.2, 0.25) is 0 Å². The van der Waals surface area contributed by atoms with E-state index in [2.05, 4.69) is 379 Å². The normalized spacial score (nSPS) is 11.3. The Kier molecular flexibility index (Phi) is 18.5. The lowest BCUT2D eigenvalue weighted by atomic mass is 9.94. The molecule has 116 heavy (non-hydrogen) atoms. The van der Waals surface area contributed by atoms with E-state index in [4.69, 9.17) is 17.7 Å². The highest BCUT2D eigenvalue weighted by atomic mass is 16.3. The van der Waals surface area contributed by atoms with Gasteiger partial charge in [-0.3, -0.25) is 0 Å². The van der Waals surface area contributed by atoms with Crippen LogP contribution in [-0.4, -0.2) is 0 Å². The molecule has 4 aromatic heterocycles. The molecule has 0 saturated carbocycles. The fourth-order valence-corrected chi connectivity index (χ4v) is 16.0. The highest BCUT2D eigenvalue weighted by Crippen LogP contribution is 2.43. The average Bonchev–Trinajstić information content (AvgIpc) is 1.60. The molecule has 0 aliphatic rings. The van der Waals surface area contributed by atoms with Gasteiger partial charge in [-0.1, -0.05) is 285 Å². The first kappa shape index (κ1) is 69.5. The molecule has 0 radical (unpaired) electrons. The number of para-hydroxylation sites is 3. The molecule has 0 aliphatic carbocycles. The van der Waals surface area contributed by atoms with Crippen molar-refractivity contribution in [2.45, 2.75) is 0 Å². The lowest BCUT2D eigenvalue weighted by molar-refractivity contribution is 0.668. The molecular formula is C108H74N4O4. The zero-order valence-corrected chi connectivity index (χ0v) is 63.0. The van der Waals surface area contributed by atoms with Gasteiger partial charge in [0, 0.05) is 118 Å². The SMILES string of the molecule is c1ccc(-c2ccc(Nc3ccc4c(c3)oc3c5ccccc5ccc43)c3ccccc23)cc1.c1ccc(-c2ccc(Nc3ccc4c(c3)oc3ccccc34)cc2-c2ccccc2)cc1.c1ccc(-c2cccc(Nc3ccc4c(c3)oc3ccccc34)c2)cc1.c1ccc(Nc2ccc3oc4ccc5ccccc5c4c3c2)cc1. The highest BCUT2D eigenvalue weighted by molar-refractivity contribution is 6.20. The first-order valence-corrected chi connectivity index (χ1v) is 39.1. The number of hydrogen-bond acceptors (Lipinski definition) is 8. The summed E-state index contributed by atoms with van der Waals surface area (Å²) in [4.78, 5) is 0. The van der Waals surface area contributed by atoms with Gasteiger partial charge >= 0.3 is 0 Å². The van der Waals surface area contributed by atoms with Gasteiger partial charge in [-0.2, -0.15) is 0 Å². The summed E-state index contributed by atoms with van der Waals surface area (Å²) in [7, 11) is 0. The number of fused-ring (bicyclic) bond motifs is 17. The second-order valence-electron chi connectivity index (χ2n) is 28.9. The van der Waals surface area contributed by atoms with Crippen molar-refractivity contribution in [3.8, 4) is 44.5 Å². The van der Waals surface area contributed by atoms with Gasteiger partial charge < -0.3 is 38.9 Å². The van der Waals surface area contributed by atoms with Gasteiger partial charge in [0.1, 0.15) is 44.7 Å². The molecule has 0 amide bonds. The fraction of sp³-hybridized carbons (Fsp3) is 0. The third-order valence-electron chi connectivity index (χ3n) is 21.6. The molecule has 0 fully saturated rings. The topological polar surface area (TPSA) is 101 Å². The van der Waals surface area contributed by atoms with Crippen molar-refractivity contribution in [2.75, 3.05) is 21.3 Å². The summed E-state index contributed by atoms with van der Waals surface area (Å²) in [5, 5.41) is 30.6. The van der Waals surface area contributed by atoms with Gasteiger partial charge in [-0.15, -0.1) is 0 Å². The van der Waals surface area contributed by atoms with Crippen molar-refractivity contribution < 1.29 is 17.7 Å². The lowest BCUT2D eigenvalue weighted by Gasteiger charge is -2.14. The van der Waals surface area contributed by atoms with Crippen LogP contribution in [0, 0.1) is 0 Å². The van der Waals surface area contributed by atoms with Crippen LogP contribution < -0.4 is 21.3 Å². The molecule has 23 aromatic rings. The van der Waals surface area contributed by atoms with E-state index in [-0.39, 0.29) is 0 Å². The van der Waals surface area contributed by atoms with Crippen LogP contribution in [0.2, 0.25) is 0 Å². The van der Waals surface area contributed by atoms with Crippen molar-refractivity contribution in [2.24, 2.45) is 0 Å². The van der Waals surface area contributed by atoms with Crippen molar-refractivity contribution in [1.82, 2.24) is 0 Å². The summed E-state index contributed by atoms with van der Waals surface area (Å²) in [6.45, 7) is 0. The molecule has 0 saturated heterocycles. The van der Waals surface area contributed by atoms with Crippen LogP contribution in [0.5, 0.6) is 0 Å². The zero-order valence-electron chi connectivity index (χ0n) is 63.0. The van der Waals surface area contributed by atoms with E-state index in [0.29, 0.717) is 0 Å². The third-order valence-corrected chi connectivity index (χ3v) is 21.6. The Morgan fingerprint density at radius 1 is 0.155 bits per heavy atom. The summed E-state index contributed by atoms with van der Waals surface area (Å²) >= 11 is 0. The zero-order chi connectivity index (χ0) is 77.1. The molecule has 0 spiro atoms. The molecule has 4 heterocycles. The van der Waals surface area contributed by atoms with E-state index in [1.54, 1.807) is 0 Å². The smallest absolute Gasteiger partial charge is 0.143 e. The number of furan rings is 4. The second-order valence-corrected chi connectivity index (χ2v) is 28.9. The molecule has 4 N–H and O–H groups in total. The molecule has 0 aliphatic heterocycles. The van der Waals surface area contributed by atoms with Gasteiger partial charge in [0.15, 0.2) is 0 Å². The monoisotopic (exact) mass is 1490 g/mol. The molecular weight excluding hydrogens is 1420 g/mol. The summed E-state index contributed by atoms with van der Waals surface area (Å²) in [5.74, 6) is 0. The maximum Gasteiger partial charge on any atom is 0.143 e. The molecule has 0 unspecified atom stereocenters. The molecule has 0 bridgehead atoms. The number of benzene rings is 19. The van der Waals surface area contributed by atoms with Crippen molar-refractivity contribution in [3.05, 3.63) is 425 Å². The number of nitrogens with one attached hydrogen (secondary N) is 4. The van der Waals surface area contributed by atoms with E-state index < -0.39 is 0 Å². The van der Waals surface area contributed by atoms with Crippen molar-refractivity contribution >= 4 is 166 Å². The molecule has 8 nitrogen and oxygen atoms in total. The molecule has 0 atom stereocenters. The highest BCUT2D eigenvalue weighted by Gasteiger charge is 2.17. The summed E-state index contributed by atoms with van der Waals surface area (Å²) in [6, 6.07) is 147. The summed E-state index contributed by atoms with van der Waals surface area (Å²) < 4.78 is 24.5. The predicted octanol–water partition coefficient (Wildman–Crippen LogP) is 31.4. The molecule has 23 rings (SSSR count). The quantitative estimate of drug-likeness (QED) is 0.0960. The Bertz CT molecular complexity index is 7520. The van der Waals surface area contributed by atoms with E-state index in [1.807, 2.05) is 66.7 Å². The Balaban J connectivity index is 0.000000101. The number of anilines is 8. The van der Waals surface area contributed by atoms with E-state index in [9.17, 15) is 0 Å². The Morgan fingerprint density at radius 2 is 0.534 bits per heavy atom. The van der Waals surface area contributed by atoms with Gasteiger partial charge in [0.05, 0.1) is 0 Å². The minimum absolute atomic E-state index is 0.889. The minimum atomic E-state index is 0.889. The van der Waals surface area contributed by atoms with Crippen molar-refractivity contribution in [1.29, 1.82) is 0 Å². The molecule has 8 heteroatoms. The van der Waals surface area contributed by atoms with Gasteiger partial charge in [-0.05, 0) is 187 Å². The lowest BCUT2D eigenvalue weighted by Crippen LogP contribution is -1.92. The van der Waals surface area contributed by atoms with E-state index in [0.717, 1.165) is 133 Å². The van der Waals surface area contributed by atoms with Gasteiger partial charge in [0.25, 0.3) is 0 Å². The van der Waals surface area contributed by atoms with E-state index >= 15 is 0 Å². The van der Waals surface area contributed by atoms with Crippen LogP contribution in [0.15, 0.2) is 442 Å². The van der Waals surface area contributed by atoms with Gasteiger partial charge in [-0.25, -0.2) is 0 Å². The maximum atomic E-state index is 6.37. The summed E-state index contributed by atoms with van der Waals surface area (Å²) in [6.07, 6.45) is 0. The third kappa shape index (κ3) is 14.1. The average molecular weight is 1490 g/mol. The maximum absolute atomic E-state index is 6.37. The van der Waals surface area contributed by atoms with Crippen LogP contribution in [0.3, 0.4) is 0 Å². The molecule has 19 aromatic carbocycles. The van der Waals surface area contributed by atoms with Crippen LogP contribution in [0.4, 0.5) is 45.5 Å². The minimum Gasteiger partial charge on any atom is -0.456 e. The molecule has 550 valence electrons. The van der Waals surface area contributed by atoms with Crippen LogP contribution in [-0.2, 0) is 0 Å². The number of rotatable bonds is 12. The predicted molar refractivity (Wildman–Crippen MR) is 488 cm³/mol. The number of hydrogen-bond donors (Lipinski definition) is 4. The second kappa shape index (κ2) is 30.9.